The molecule has 1 fully saturated rings. The Bertz CT molecular complexity index is 705. The first-order chi connectivity index (χ1) is 9.05. The Morgan fingerprint density at radius 2 is 2.37 bits per heavy atom. The van der Waals surface area contributed by atoms with E-state index in [9.17, 15) is 8.42 Å². The minimum Gasteiger partial charge on any atom is -0.306 e. The molecule has 1 unspecified atom stereocenters. The van der Waals surface area contributed by atoms with E-state index in [0.717, 1.165) is 12.8 Å². The molecule has 1 saturated heterocycles. The van der Waals surface area contributed by atoms with E-state index >= 15 is 0 Å². The highest BCUT2D eigenvalue weighted by molar-refractivity contribution is 7.89. The van der Waals surface area contributed by atoms with Gasteiger partial charge in [0.2, 0.25) is 5.03 Å². The number of rotatable bonds is 3. The van der Waals surface area contributed by atoms with Gasteiger partial charge in [0.1, 0.15) is 0 Å². The molecular weight excluding hydrogens is 286 g/mol. The number of nitrogen functional groups attached to an aromatic ring is 1. The van der Waals surface area contributed by atoms with Gasteiger partial charge in [0.05, 0.1) is 0 Å². The van der Waals surface area contributed by atoms with Crippen molar-refractivity contribution in [2.75, 3.05) is 12.0 Å². The molecule has 9 heteroatoms. The van der Waals surface area contributed by atoms with E-state index < -0.39 is 10.0 Å². The van der Waals surface area contributed by atoms with Crippen LogP contribution in [0.5, 0.6) is 0 Å². The zero-order chi connectivity index (χ0) is 13.6. The van der Waals surface area contributed by atoms with Crippen LogP contribution < -0.4 is 11.3 Å². The second kappa shape index (κ2) is 4.44. The van der Waals surface area contributed by atoms with Crippen molar-refractivity contribution in [1.82, 2.24) is 13.7 Å². The van der Waals surface area contributed by atoms with Crippen LogP contribution in [0.2, 0.25) is 0 Å². The van der Waals surface area contributed by atoms with Crippen LogP contribution >= 0.6 is 11.3 Å². The highest BCUT2D eigenvalue weighted by atomic mass is 32.2. The monoisotopic (exact) mass is 301 g/mol. The van der Waals surface area contributed by atoms with Gasteiger partial charge in [-0.2, -0.15) is 9.29 Å². The molecule has 0 spiro atoms. The summed E-state index contributed by atoms with van der Waals surface area (Å²) in [6.07, 6.45) is 3.47. The van der Waals surface area contributed by atoms with Crippen LogP contribution in [0.25, 0.3) is 4.96 Å². The summed E-state index contributed by atoms with van der Waals surface area (Å²) in [6, 6.07) is 0.0137. The van der Waals surface area contributed by atoms with Crippen molar-refractivity contribution >= 4 is 32.1 Å². The fraction of sp³-hybridized carbons (Fsp3) is 0.500. The van der Waals surface area contributed by atoms with E-state index in [1.807, 2.05) is 6.92 Å². The topological polar surface area (TPSA) is 92.7 Å². The van der Waals surface area contributed by atoms with Gasteiger partial charge in [-0.3, -0.25) is 4.40 Å². The number of fused-ring (bicyclic) bond motifs is 1. The molecule has 1 aliphatic rings. The summed E-state index contributed by atoms with van der Waals surface area (Å²) in [7, 11) is -3.59. The summed E-state index contributed by atoms with van der Waals surface area (Å²) in [5.74, 6) is 5.60. The van der Waals surface area contributed by atoms with E-state index in [4.69, 9.17) is 5.84 Å². The fourth-order valence-corrected chi connectivity index (χ4v) is 5.17. The van der Waals surface area contributed by atoms with E-state index in [0.29, 0.717) is 11.5 Å². The number of nitrogens with one attached hydrogen (secondary N) is 1. The van der Waals surface area contributed by atoms with Gasteiger partial charge in [-0.25, -0.2) is 14.3 Å². The van der Waals surface area contributed by atoms with Gasteiger partial charge in [-0.15, -0.1) is 11.3 Å². The third-order valence-electron chi connectivity index (χ3n) is 3.40. The molecule has 0 radical (unpaired) electrons. The number of anilines is 1. The number of imidazole rings is 1. The summed E-state index contributed by atoms with van der Waals surface area (Å²) in [4.78, 5) is 4.80. The van der Waals surface area contributed by atoms with Gasteiger partial charge < -0.3 is 5.43 Å². The summed E-state index contributed by atoms with van der Waals surface area (Å²) >= 11 is 1.37. The minimum atomic E-state index is -3.59. The zero-order valence-corrected chi connectivity index (χ0v) is 12.0. The van der Waals surface area contributed by atoms with Crippen molar-refractivity contribution in [2.24, 2.45) is 5.84 Å². The molecule has 1 aliphatic heterocycles. The maximum Gasteiger partial charge on any atom is 0.263 e. The van der Waals surface area contributed by atoms with Gasteiger partial charge in [-0.1, -0.05) is 0 Å². The second-order valence-electron chi connectivity index (χ2n) is 4.57. The van der Waals surface area contributed by atoms with Crippen molar-refractivity contribution in [3.05, 3.63) is 11.6 Å². The Morgan fingerprint density at radius 1 is 1.58 bits per heavy atom. The lowest BCUT2D eigenvalue weighted by Gasteiger charge is -2.20. The van der Waals surface area contributed by atoms with Gasteiger partial charge >= 0.3 is 0 Å². The normalized spacial score (nSPS) is 21.3. The first-order valence-electron chi connectivity index (χ1n) is 5.99. The third-order valence-corrected chi connectivity index (χ3v) is 6.20. The number of hydrogen-bond acceptors (Lipinski definition) is 6. The highest BCUT2D eigenvalue weighted by Crippen LogP contribution is 2.31. The second-order valence-corrected chi connectivity index (χ2v) is 7.25. The molecule has 19 heavy (non-hydrogen) atoms. The van der Waals surface area contributed by atoms with E-state index in [-0.39, 0.29) is 16.9 Å². The lowest BCUT2D eigenvalue weighted by atomic mass is 10.3. The summed E-state index contributed by atoms with van der Waals surface area (Å²) in [5.41, 5.74) is 2.38. The number of thiazole rings is 1. The molecule has 7 nitrogen and oxygen atoms in total. The van der Waals surface area contributed by atoms with Crippen molar-refractivity contribution in [1.29, 1.82) is 0 Å². The maximum absolute atomic E-state index is 12.8. The van der Waals surface area contributed by atoms with E-state index in [1.54, 1.807) is 16.0 Å². The molecule has 0 bridgehead atoms. The third kappa shape index (κ3) is 1.84. The molecule has 0 aromatic carbocycles. The molecule has 1 atom stereocenters. The number of nitrogens with zero attached hydrogens (tertiary/aromatic N) is 3. The molecule has 0 saturated carbocycles. The fourth-order valence-electron chi connectivity index (χ4n) is 2.48. The summed E-state index contributed by atoms with van der Waals surface area (Å²) in [6.45, 7) is 2.47. The quantitative estimate of drug-likeness (QED) is 0.648. The Morgan fingerprint density at radius 3 is 3.00 bits per heavy atom. The average Bonchev–Trinajstić information content (AvgIpc) is 3.01. The number of hydrogen-bond donors (Lipinski definition) is 2. The van der Waals surface area contributed by atoms with Gasteiger partial charge in [0.25, 0.3) is 10.0 Å². The summed E-state index contributed by atoms with van der Waals surface area (Å²) < 4.78 is 28.6. The molecule has 104 valence electrons. The van der Waals surface area contributed by atoms with Crippen LogP contribution in [0.1, 0.15) is 19.8 Å². The van der Waals surface area contributed by atoms with E-state index in [2.05, 4.69) is 10.4 Å². The van der Waals surface area contributed by atoms with Crippen molar-refractivity contribution in [3.63, 3.8) is 0 Å². The molecule has 0 amide bonds. The molecule has 3 heterocycles. The van der Waals surface area contributed by atoms with E-state index in [1.165, 1.54) is 15.6 Å². The predicted molar refractivity (Wildman–Crippen MR) is 73.5 cm³/mol. The SMILES string of the molecule is CC1CCCN1S(=O)(=O)c1c(NN)nc2sccn12. The van der Waals surface area contributed by atoms with Crippen molar-refractivity contribution in [2.45, 2.75) is 30.8 Å². The lowest BCUT2D eigenvalue weighted by molar-refractivity contribution is 0.406. The molecule has 3 N–H and O–H groups in total. The standard InChI is InChI=1S/C10H15N5O2S2/c1-7-3-2-4-15(7)19(16,17)9-8(13-11)12-10-14(9)5-6-18-10/h5-7,13H,2-4,11H2,1H3. The predicted octanol–water partition coefficient (Wildman–Crippen LogP) is 0.854. The number of aromatic nitrogens is 2. The smallest absolute Gasteiger partial charge is 0.263 e. The van der Waals surface area contributed by atoms with Crippen LogP contribution in [0.3, 0.4) is 0 Å². The van der Waals surface area contributed by atoms with Crippen LogP contribution in [0, 0.1) is 0 Å². The van der Waals surface area contributed by atoms with Crippen LogP contribution in [0.4, 0.5) is 5.82 Å². The Labute approximate surface area is 115 Å². The van der Waals surface area contributed by atoms with Crippen LogP contribution in [-0.4, -0.2) is 34.7 Å². The van der Waals surface area contributed by atoms with Crippen molar-refractivity contribution in [3.8, 4) is 0 Å². The Hall–Kier alpha value is -1.16. The molecule has 2 aromatic rings. The average molecular weight is 301 g/mol. The summed E-state index contributed by atoms with van der Waals surface area (Å²) in [5, 5.41) is 1.93. The Kier molecular flexibility index (Phi) is 3.01. The number of nitrogens with two attached hydrogens (primary N) is 1. The highest BCUT2D eigenvalue weighted by Gasteiger charge is 2.37. The van der Waals surface area contributed by atoms with Crippen LogP contribution in [-0.2, 0) is 10.0 Å². The molecule has 2 aromatic heterocycles. The molecule has 3 rings (SSSR count). The Balaban J connectivity index is 2.19. The minimum absolute atomic E-state index is 0.0137. The zero-order valence-electron chi connectivity index (χ0n) is 10.4. The molecular formula is C10H15N5O2S2. The first-order valence-corrected chi connectivity index (χ1v) is 8.31. The number of hydrazine groups is 1. The van der Waals surface area contributed by atoms with Gasteiger partial charge in [-0.05, 0) is 19.8 Å². The number of sulfonamides is 1. The first kappa shape index (κ1) is 12.9. The molecule has 0 aliphatic carbocycles. The maximum atomic E-state index is 12.8. The largest absolute Gasteiger partial charge is 0.306 e. The van der Waals surface area contributed by atoms with Crippen LogP contribution in [0.15, 0.2) is 16.6 Å². The van der Waals surface area contributed by atoms with Gasteiger partial charge in [0.15, 0.2) is 10.8 Å². The van der Waals surface area contributed by atoms with Crippen molar-refractivity contribution < 1.29 is 8.42 Å². The lowest BCUT2D eigenvalue weighted by Crippen LogP contribution is -2.35. The van der Waals surface area contributed by atoms with Gasteiger partial charge in [0, 0.05) is 24.2 Å².